The first-order valence-electron chi connectivity index (χ1n) is 5.01. The number of nitrogens with one attached hydrogen (secondary N) is 1. The number of hydrogen-bond acceptors (Lipinski definition) is 2. The molecular formula is C12H9ClIN3. The minimum atomic E-state index is 0. The van der Waals surface area contributed by atoms with E-state index >= 15 is 0 Å². The van der Waals surface area contributed by atoms with Crippen molar-refractivity contribution in [1.82, 2.24) is 9.97 Å². The van der Waals surface area contributed by atoms with E-state index in [0.29, 0.717) is 5.15 Å². The van der Waals surface area contributed by atoms with Crippen molar-refractivity contribution >= 4 is 23.6 Å². The van der Waals surface area contributed by atoms with Crippen molar-refractivity contribution in [1.29, 1.82) is 0 Å². The maximum Gasteiger partial charge on any atom is 0.329 e. The molecule has 86 valence electrons. The summed E-state index contributed by atoms with van der Waals surface area (Å²) in [6.07, 6.45) is 3.45. The maximum absolute atomic E-state index is 6.10. The van der Waals surface area contributed by atoms with Crippen molar-refractivity contribution in [3.63, 3.8) is 0 Å². The SMILES string of the molecule is Clc1ncnc2c1C(c1ccccc1)C=[NH+]2.[I-]. The molecule has 5 heteroatoms. The lowest BCUT2D eigenvalue weighted by atomic mass is 9.95. The molecule has 0 spiro atoms. The highest BCUT2D eigenvalue weighted by Gasteiger charge is 2.30. The minimum absolute atomic E-state index is 0. The van der Waals surface area contributed by atoms with Crippen LogP contribution in [0.25, 0.3) is 0 Å². The van der Waals surface area contributed by atoms with E-state index in [0.717, 1.165) is 11.4 Å². The molecule has 3 nitrogen and oxygen atoms in total. The number of aromatic nitrogens is 2. The molecule has 0 aliphatic carbocycles. The van der Waals surface area contributed by atoms with Gasteiger partial charge in [0.2, 0.25) is 6.33 Å². The molecule has 0 radical (unpaired) electrons. The summed E-state index contributed by atoms with van der Waals surface area (Å²) in [6, 6.07) is 10.2. The van der Waals surface area contributed by atoms with Crippen molar-refractivity contribution in [2.75, 3.05) is 0 Å². The Morgan fingerprint density at radius 2 is 1.88 bits per heavy atom. The predicted molar refractivity (Wildman–Crippen MR) is 62.0 cm³/mol. The summed E-state index contributed by atoms with van der Waals surface area (Å²) in [7, 11) is 0. The quantitative estimate of drug-likeness (QED) is 0.477. The average Bonchev–Trinajstić information content (AvgIpc) is 2.75. The molecule has 2 heterocycles. The molecule has 1 aliphatic heterocycles. The summed E-state index contributed by atoms with van der Waals surface area (Å²) >= 11 is 6.10. The molecule has 17 heavy (non-hydrogen) atoms. The fourth-order valence-corrected chi connectivity index (χ4v) is 2.18. The lowest BCUT2D eigenvalue weighted by molar-refractivity contribution is -0.349. The predicted octanol–water partition coefficient (Wildman–Crippen LogP) is -1.94. The Hall–Kier alpha value is -1.01. The molecule has 0 saturated heterocycles. The summed E-state index contributed by atoms with van der Waals surface area (Å²) in [6.45, 7) is 0. The van der Waals surface area contributed by atoms with Crippen LogP contribution in [0.15, 0.2) is 36.7 Å². The zero-order valence-corrected chi connectivity index (χ0v) is 11.7. The van der Waals surface area contributed by atoms with E-state index in [1.807, 2.05) is 24.4 Å². The first-order valence-corrected chi connectivity index (χ1v) is 5.39. The Kier molecular flexibility index (Phi) is 3.73. The number of benzene rings is 1. The number of hydrogen-bond donors (Lipinski definition) is 1. The molecule has 1 aromatic carbocycles. The summed E-state index contributed by atoms with van der Waals surface area (Å²) in [5.74, 6) is 0.929. The van der Waals surface area contributed by atoms with E-state index in [-0.39, 0.29) is 29.9 Å². The van der Waals surface area contributed by atoms with E-state index < -0.39 is 0 Å². The van der Waals surface area contributed by atoms with Gasteiger partial charge in [-0.3, -0.25) is 0 Å². The van der Waals surface area contributed by atoms with Crippen LogP contribution >= 0.6 is 11.6 Å². The molecule has 1 aliphatic rings. The zero-order valence-electron chi connectivity index (χ0n) is 8.77. The van der Waals surface area contributed by atoms with Crippen LogP contribution in [0.5, 0.6) is 0 Å². The summed E-state index contributed by atoms with van der Waals surface area (Å²) in [4.78, 5) is 11.3. The van der Waals surface area contributed by atoms with Crippen LogP contribution in [0, 0.1) is 0 Å². The number of rotatable bonds is 1. The summed E-state index contributed by atoms with van der Waals surface area (Å²) in [5, 5.41) is 0.514. The number of nitrogens with zero attached hydrogens (tertiary/aromatic N) is 2. The van der Waals surface area contributed by atoms with Gasteiger partial charge in [-0.05, 0) is 10.5 Å². The van der Waals surface area contributed by atoms with Crippen molar-refractivity contribution < 1.29 is 29.0 Å². The Bertz CT molecular complexity index is 557. The standard InChI is InChI=1S/C12H8ClN3.HI/c13-11-10-9(8-4-2-1-3-5-8)6-14-12(10)16-7-15-11;/h1-7,9H;1H. The zero-order chi connectivity index (χ0) is 11.0. The molecule has 1 N–H and O–H groups in total. The minimum Gasteiger partial charge on any atom is -1.00 e. The van der Waals surface area contributed by atoms with Gasteiger partial charge in [0.15, 0.2) is 0 Å². The van der Waals surface area contributed by atoms with Gasteiger partial charge in [0, 0.05) is 0 Å². The summed E-state index contributed by atoms with van der Waals surface area (Å²) < 4.78 is 0. The fraction of sp³-hybridized carbons (Fsp3) is 0.0833. The van der Waals surface area contributed by atoms with Gasteiger partial charge in [0.25, 0.3) is 0 Å². The summed E-state index contributed by atoms with van der Waals surface area (Å²) in [5.41, 5.74) is 2.14. The second-order valence-corrected chi connectivity index (χ2v) is 3.98. The van der Waals surface area contributed by atoms with Crippen molar-refractivity contribution in [3.05, 3.63) is 52.9 Å². The van der Waals surface area contributed by atoms with Crippen LogP contribution in [0.4, 0.5) is 5.82 Å². The maximum atomic E-state index is 6.10. The van der Waals surface area contributed by atoms with E-state index in [9.17, 15) is 0 Å². The molecule has 0 saturated carbocycles. The van der Waals surface area contributed by atoms with Gasteiger partial charge in [-0.2, -0.15) is 4.98 Å². The van der Waals surface area contributed by atoms with E-state index in [1.165, 1.54) is 11.9 Å². The van der Waals surface area contributed by atoms with Crippen LogP contribution in [-0.2, 0) is 0 Å². The second kappa shape index (κ2) is 5.10. The van der Waals surface area contributed by atoms with Crippen molar-refractivity contribution in [2.24, 2.45) is 0 Å². The third-order valence-electron chi connectivity index (χ3n) is 2.69. The van der Waals surface area contributed by atoms with Gasteiger partial charge in [0.1, 0.15) is 5.15 Å². The van der Waals surface area contributed by atoms with E-state index in [4.69, 9.17) is 11.6 Å². The second-order valence-electron chi connectivity index (χ2n) is 3.63. The van der Waals surface area contributed by atoms with E-state index in [1.54, 1.807) is 0 Å². The highest BCUT2D eigenvalue weighted by atomic mass is 127. The Labute approximate surface area is 121 Å². The first-order chi connectivity index (χ1) is 7.86. The monoisotopic (exact) mass is 357 g/mol. The molecule has 0 bridgehead atoms. The van der Waals surface area contributed by atoms with Crippen molar-refractivity contribution in [3.8, 4) is 0 Å². The van der Waals surface area contributed by atoms with Gasteiger partial charge in [-0.15, -0.1) is 0 Å². The van der Waals surface area contributed by atoms with E-state index in [2.05, 4.69) is 27.1 Å². The van der Waals surface area contributed by atoms with Crippen LogP contribution < -0.4 is 29.0 Å². The lowest BCUT2D eigenvalue weighted by Gasteiger charge is -2.06. The number of halogens is 2. The van der Waals surface area contributed by atoms with Gasteiger partial charge in [-0.25, -0.2) is 4.99 Å². The fourth-order valence-electron chi connectivity index (χ4n) is 1.93. The first kappa shape index (κ1) is 12.4. The Morgan fingerprint density at radius 1 is 1.12 bits per heavy atom. The van der Waals surface area contributed by atoms with Gasteiger partial charge < -0.3 is 24.0 Å². The molecule has 3 rings (SSSR count). The lowest BCUT2D eigenvalue weighted by Crippen LogP contribution is -3.00. The highest BCUT2D eigenvalue weighted by Crippen LogP contribution is 2.31. The highest BCUT2D eigenvalue weighted by molar-refractivity contribution is 6.30. The van der Waals surface area contributed by atoms with Gasteiger partial charge >= 0.3 is 5.82 Å². The normalized spacial score (nSPS) is 16.4. The average molecular weight is 358 g/mol. The van der Waals surface area contributed by atoms with Gasteiger partial charge in [-0.1, -0.05) is 41.9 Å². The molecular weight excluding hydrogens is 349 g/mol. The molecule has 1 aromatic heterocycles. The Morgan fingerprint density at radius 3 is 2.65 bits per heavy atom. The largest absolute Gasteiger partial charge is 1.00 e. The molecule has 0 amide bonds. The smallest absolute Gasteiger partial charge is 0.329 e. The van der Waals surface area contributed by atoms with Crippen molar-refractivity contribution in [2.45, 2.75) is 5.92 Å². The number of fused-ring (bicyclic) bond motifs is 1. The van der Waals surface area contributed by atoms with Crippen LogP contribution in [0.3, 0.4) is 0 Å². The third kappa shape index (κ3) is 2.19. The van der Waals surface area contributed by atoms with Gasteiger partial charge in [0.05, 0.1) is 17.7 Å². The topological polar surface area (TPSA) is 39.8 Å². The van der Waals surface area contributed by atoms with Crippen LogP contribution in [0.1, 0.15) is 17.0 Å². The third-order valence-corrected chi connectivity index (χ3v) is 2.99. The Balaban J connectivity index is 0.00000108. The molecule has 1 atom stereocenters. The van der Waals surface area contributed by atoms with Crippen LogP contribution in [0.2, 0.25) is 5.15 Å². The molecule has 2 aromatic rings. The van der Waals surface area contributed by atoms with Crippen LogP contribution in [-0.4, -0.2) is 16.2 Å². The molecule has 1 unspecified atom stereocenters. The molecule has 0 fully saturated rings.